The molecule has 0 aliphatic heterocycles. The molecule has 0 amide bonds. The summed E-state index contributed by atoms with van der Waals surface area (Å²) in [5.74, 6) is 1.73. The predicted octanol–water partition coefficient (Wildman–Crippen LogP) is 4.02. The normalized spacial score (nSPS) is 20.4. The van der Waals surface area contributed by atoms with Crippen molar-refractivity contribution in [2.24, 2.45) is 11.8 Å². The molecule has 2 nitrogen and oxygen atoms in total. The molecule has 0 unspecified atom stereocenters. The van der Waals surface area contributed by atoms with Crippen molar-refractivity contribution in [2.45, 2.75) is 38.7 Å². The molecule has 0 radical (unpaired) electrons. The smallest absolute Gasteiger partial charge is 0.0762 e. The monoisotopic (exact) mass is 279 g/mol. The summed E-state index contributed by atoms with van der Waals surface area (Å²) in [5, 5.41) is 10.4. The minimum atomic E-state index is -0.452. The maximum Gasteiger partial charge on any atom is 0.0762 e. The Balaban J connectivity index is 1.79. The number of benzene rings is 1. The highest BCUT2D eigenvalue weighted by atomic mass is 35.5. The Hall–Kier alpha value is -0.730. The quantitative estimate of drug-likeness (QED) is 0.850. The number of aliphatic hydroxyl groups excluding tert-OH is 1. The molecule has 104 valence electrons. The maximum atomic E-state index is 9.62. The van der Waals surface area contributed by atoms with Crippen LogP contribution < -0.4 is 4.90 Å². The van der Waals surface area contributed by atoms with Crippen LogP contribution in [0.1, 0.15) is 44.3 Å². The van der Waals surface area contributed by atoms with Gasteiger partial charge in [-0.25, -0.2) is 0 Å². The van der Waals surface area contributed by atoms with Crippen LogP contribution in [-0.2, 0) is 0 Å². The summed E-state index contributed by atoms with van der Waals surface area (Å²) in [4.78, 5) is 2.46. The number of nitrogens with zero attached hydrogens (tertiary/aromatic N) is 1. The van der Waals surface area contributed by atoms with Gasteiger partial charge in [0.15, 0.2) is 0 Å². The zero-order valence-corrected chi connectivity index (χ0v) is 12.2. The third kappa shape index (κ3) is 3.43. The van der Waals surface area contributed by atoms with Crippen LogP contribution in [0.15, 0.2) is 18.2 Å². The van der Waals surface area contributed by atoms with Gasteiger partial charge in [-0.3, -0.25) is 0 Å². The van der Waals surface area contributed by atoms with Crippen LogP contribution in [0.25, 0.3) is 0 Å². The van der Waals surface area contributed by atoms with Gasteiger partial charge in [-0.1, -0.05) is 17.7 Å². The van der Waals surface area contributed by atoms with E-state index in [-0.39, 0.29) is 0 Å². The molecule has 19 heavy (non-hydrogen) atoms. The summed E-state index contributed by atoms with van der Waals surface area (Å²) in [6, 6.07) is 5.99. The first kappa shape index (κ1) is 13.3. The highest BCUT2D eigenvalue weighted by Gasteiger charge is 2.30. The summed E-state index contributed by atoms with van der Waals surface area (Å²) in [6.45, 7) is 4.06. The molecule has 2 aliphatic rings. The van der Waals surface area contributed by atoms with E-state index in [1.165, 1.54) is 25.7 Å². The molecule has 1 aromatic rings. The SMILES string of the molecule is C[C@H](O)c1ccc(N(CC2CC2)CC2CC2)c(Cl)c1. The second kappa shape index (κ2) is 5.34. The molecule has 0 spiro atoms. The van der Waals surface area contributed by atoms with Crippen LogP contribution in [0, 0.1) is 11.8 Å². The van der Waals surface area contributed by atoms with E-state index in [0.717, 1.165) is 41.2 Å². The zero-order valence-electron chi connectivity index (χ0n) is 11.5. The van der Waals surface area contributed by atoms with Gasteiger partial charge in [0.05, 0.1) is 16.8 Å². The Kier molecular flexibility index (Phi) is 3.72. The summed E-state index contributed by atoms with van der Waals surface area (Å²) < 4.78 is 0. The highest BCUT2D eigenvalue weighted by molar-refractivity contribution is 6.33. The number of anilines is 1. The fourth-order valence-corrected chi connectivity index (χ4v) is 2.84. The first-order valence-electron chi connectivity index (χ1n) is 7.36. The molecule has 3 rings (SSSR count). The largest absolute Gasteiger partial charge is 0.389 e. The van der Waals surface area contributed by atoms with Gasteiger partial charge in [-0.05, 0) is 62.1 Å². The number of rotatable bonds is 6. The topological polar surface area (TPSA) is 23.5 Å². The fraction of sp³-hybridized carbons (Fsp3) is 0.625. The highest BCUT2D eigenvalue weighted by Crippen LogP contribution is 2.38. The van der Waals surface area contributed by atoms with Crippen molar-refractivity contribution >= 4 is 17.3 Å². The lowest BCUT2D eigenvalue weighted by Crippen LogP contribution is -2.28. The second-order valence-electron chi connectivity index (χ2n) is 6.18. The van der Waals surface area contributed by atoms with E-state index < -0.39 is 6.10 Å². The Labute approximate surface area is 120 Å². The lowest BCUT2D eigenvalue weighted by Gasteiger charge is -2.26. The van der Waals surface area contributed by atoms with E-state index in [0.29, 0.717) is 0 Å². The molecule has 0 aromatic heterocycles. The second-order valence-corrected chi connectivity index (χ2v) is 6.59. The van der Waals surface area contributed by atoms with Gasteiger partial charge in [-0.2, -0.15) is 0 Å². The van der Waals surface area contributed by atoms with Crippen LogP contribution in [0.3, 0.4) is 0 Å². The average Bonchev–Trinajstić information content (AvgIpc) is 3.23. The van der Waals surface area contributed by atoms with E-state index in [9.17, 15) is 5.11 Å². The van der Waals surface area contributed by atoms with Gasteiger partial charge in [0.2, 0.25) is 0 Å². The summed E-state index contributed by atoms with van der Waals surface area (Å²) >= 11 is 6.42. The Morgan fingerprint density at radius 2 is 1.79 bits per heavy atom. The van der Waals surface area contributed by atoms with E-state index in [2.05, 4.69) is 11.0 Å². The van der Waals surface area contributed by atoms with Crippen molar-refractivity contribution < 1.29 is 5.11 Å². The molecular formula is C16H22ClNO. The van der Waals surface area contributed by atoms with Crippen LogP contribution in [0.2, 0.25) is 5.02 Å². The first-order valence-corrected chi connectivity index (χ1v) is 7.73. The third-order valence-corrected chi connectivity index (χ3v) is 4.45. The molecule has 0 bridgehead atoms. The average molecular weight is 280 g/mol. The molecule has 1 atom stereocenters. The minimum Gasteiger partial charge on any atom is -0.389 e. The minimum absolute atomic E-state index is 0.452. The van der Waals surface area contributed by atoms with Gasteiger partial charge in [0, 0.05) is 13.1 Å². The first-order chi connectivity index (χ1) is 9.13. The standard InChI is InChI=1S/C16H22ClNO/c1-11(19)14-6-7-16(15(17)8-14)18(9-12-2-3-12)10-13-4-5-13/h6-8,11-13,19H,2-5,9-10H2,1H3/t11-/m0/s1. The van der Waals surface area contributed by atoms with Gasteiger partial charge in [0.25, 0.3) is 0 Å². The van der Waals surface area contributed by atoms with Crippen molar-refractivity contribution in [1.82, 2.24) is 0 Å². The molecule has 0 saturated heterocycles. The van der Waals surface area contributed by atoms with Crippen molar-refractivity contribution in [3.05, 3.63) is 28.8 Å². The lowest BCUT2D eigenvalue weighted by atomic mass is 10.1. The van der Waals surface area contributed by atoms with Gasteiger partial charge < -0.3 is 10.0 Å². The van der Waals surface area contributed by atoms with Crippen LogP contribution in [-0.4, -0.2) is 18.2 Å². The molecule has 0 heterocycles. The van der Waals surface area contributed by atoms with Gasteiger partial charge in [-0.15, -0.1) is 0 Å². The van der Waals surface area contributed by atoms with E-state index in [1.807, 2.05) is 12.1 Å². The number of hydrogen-bond donors (Lipinski definition) is 1. The van der Waals surface area contributed by atoms with E-state index in [4.69, 9.17) is 11.6 Å². The van der Waals surface area contributed by atoms with Crippen molar-refractivity contribution in [1.29, 1.82) is 0 Å². The molecule has 1 aromatic carbocycles. The van der Waals surface area contributed by atoms with E-state index >= 15 is 0 Å². The number of halogens is 1. The van der Waals surface area contributed by atoms with Crippen LogP contribution in [0.4, 0.5) is 5.69 Å². The number of aliphatic hydroxyl groups is 1. The Morgan fingerprint density at radius 3 is 2.21 bits per heavy atom. The molecular weight excluding hydrogens is 258 g/mol. The van der Waals surface area contributed by atoms with Crippen molar-refractivity contribution in [3.63, 3.8) is 0 Å². The molecule has 2 aliphatic carbocycles. The molecule has 2 fully saturated rings. The molecule has 3 heteroatoms. The van der Waals surface area contributed by atoms with Crippen molar-refractivity contribution in [2.75, 3.05) is 18.0 Å². The third-order valence-electron chi connectivity index (χ3n) is 4.15. The van der Waals surface area contributed by atoms with Crippen LogP contribution >= 0.6 is 11.6 Å². The van der Waals surface area contributed by atoms with Crippen LogP contribution in [0.5, 0.6) is 0 Å². The van der Waals surface area contributed by atoms with Gasteiger partial charge >= 0.3 is 0 Å². The zero-order chi connectivity index (χ0) is 13.4. The molecule has 2 saturated carbocycles. The van der Waals surface area contributed by atoms with Crippen molar-refractivity contribution in [3.8, 4) is 0 Å². The number of hydrogen-bond acceptors (Lipinski definition) is 2. The lowest BCUT2D eigenvalue weighted by molar-refractivity contribution is 0.199. The Morgan fingerprint density at radius 1 is 1.21 bits per heavy atom. The van der Waals surface area contributed by atoms with Gasteiger partial charge in [0.1, 0.15) is 0 Å². The van der Waals surface area contributed by atoms with E-state index in [1.54, 1.807) is 6.92 Å². The fourth-order valence-electron chi connectivity index (χ4n) is 2.53. The Bertz CT molecular complexity index is 438. The molecule has 1 N–H and O–H groups in total. The predicted molar refractivity (Wildman–Crippen MR) is 79.7 cm³/mol. The summed E-state index contributed by atoms with van der Waals surface area (Å²) in [5.41, 5.74) is 2.04. The summed E-state index contributed by atoms with van der Waals surface area (Å²) in [7, 11) is 0. The summed E-state index contributed by atoms with van der Waals surface area (Å²) in [6.07, 6.45) is 5.01. The maximum absolute atomic E-state index is 9.62.